The molecule has 80 valence electrons. The van der Waals surface area contributed by atoms with Gasteiger partial charge in [0.25, 0.3) is 0 Å². The van der Waals surface area contributed by atoms with E-state index in [0.717, 1.165) is 0 Å². The van der Waals surface area contributed by atoms with Gasteiger partial charge in [-0.1, -0.05) is 19.8 Å². The molecule has 1 atom stereocenters. The quantitative estimate of drug-likeness (QED) is 0.597. The van der Waals surface area contributed by atoms with Crippen molar-refractivity contribution in [3.05, 3.63) is 0 Å². The van der Waals surface area contributed by atoms with E-state index in [9.17, 15) is 22.0 Å². The number of unbranched alkanes of at least 4 members (excludes halogenated alkanes) is 1. The van der Waals surface area contributed by atoms with Gasteiger partial charge in [-0.05, 0) is 6.42 Å². The van der Waals surface area contributed by atoms with E-state index in [4.69, 9.17) is 0 Å². The Morgan fingerprint density at radius 2 is 1.54 bits per heavy atom. The minimum atomic E-state index is -4.95. The van der Waals surface area contributed by atoms with Crippen LogP contribution < -0.4 is 0 Å². The van der Waals surface area contributed by atoms with Crippen LogP contribution >= 0.6 is 0 Å². The highest BCUT2D eigenvalue weighted by molar-refractivity contribution is 4.86. The highest BCUT2D eigenvalue weighted by Crippen LogP contribution is 2.40. The monoisotopic (exact) mass is 204 g/mol. The SMILES string of the molecule is CCCCC(F)(CCF)C(F)(F)F. The van der Waals surface area contributed by atoms with Crippen molar-refractivity contribution < 1.29 is 22.0 Å². The Labute approximate surface area is 74.1 Å². The maximum Gasteiger partial charge on any atom is 0.422 e. The molecule has 0 saturated heterocycles. The second kappa shape index (κ2) is 4.77. The first-order valence-corrected chi connectivity index (χ1v) is 4.19. The summed E-state index contributed by atoms with van der Waals surface area (Å²) in [4.78, 5) is 0. The molecule has 1 unspecified atom stereocenters. The van der Waals surface area contributed by atoms with E-state index in [2.05, 4.69) is 0 Å². The molecule has 0 aliphatic rings. The summed E-state index contributed by atoms with van der Waals surface area (Å²) in [5, 5.41) is 0. The van der Waals surface area contributed by atoms with Crippen molar-refractivity contribution in [1.82, 2.24) is 0 Å². The Balaban J connectivity index is 4.34. The second-order valence-electron chi connectivity index (χ2n) is 3.01. The molecule has 0 amide bonds. The van der Waals surface area contributed by atoms with Crippen LogP contribution in [0.2, 0.25) is 0 Å². The van der Waals surface area contributed by atoms with Gasteiger partial charge in [0.05, 0.1) is 6.67 Å². The van der Waals surface area contributed by atoms with E-state index in [-0.39, 0.29) is 6.42 Å². The van der Waals surface area contributed by atoms with Crippen LogP contribution in [0.5, 0.6) is 0 Å². The van der Waals surface area contributed by atoms with E-state index >= 15 is 0 Å². The van der Waals surface area contributed by atoms with Crippen LogP contribution in [-0.2, 0) is 0 Å². The van der Waals surface area contributed by atoms with Crippen LogP contribution in [0, 0.1) is 0 Å². The third-order valence-electron chi connectivity index (χ3n) is 1.93. The molecule has 0 nitrogen and oxygen atoms in total. The standard InChI is InChI=1S/C8H13F5/c1-2-3-4-7(10,5-6-9)8(11,12)13/h2-6H2,1H3. The molecule has 0 fully saturated rings. The van der Waals surface area contributed by atoms with E-state index in [1.54, 1.807) is 6.92 Å². The van der Waals surface area contributed by atoms with Gasteiger partial charge in [0, 0.05) is 6.42 Å². The lowest BCUT2D eigenvalue weighted by Crippen LogP contribution is -2.41. The summed E-state index contributed by atoms with van der Waals surface area (Å²) in [7, 11) is 0. The Hall–Kier alpha value is -0.350. The lowest BCUT2D eigenvalue weighted by atomic mass is 9.95. The fourth-order valence-electron chi connectivity index (χ4n) is 1.02. The number of hydrogen-bond donors (Lipinski definition) is 0. The summed E-state index contributed by atoms with van der Waals surface area (Å²) in [5.74, 6) is 0. The molecule has 13 heavy (non-hydrogen) atoms. The van der Waals surface area contributed by atoms with Gasteiger partial charge in [0.1, 0.15) is 0 Å². The maximum atomic E-state index is 13.1. The molecule has 0 spiro atoms. The normalized spacial score (nSPS) is 17.1. The van der Waals surface area contributed by atoms with Crippen LogP contribution in [0.1, 0.15) is 32.6 Å². The van der Waals surface area contributed by atoms with Crippen molar-refractivity contribution in [2.75, 3.05) is 6.67 Å². The Morgan fingerprint density at radius 3 is 1.85 bits per heavy atom. The van der Waals surface area contributed by atoms with Gasteiger partial charge >= 0.3 is 6.18 Å². The summed E-state index contributed by atoms with van der Waals surface area (Å²) in [6.45, 7) is 0.381. The third kappa shape index (κ3) is 3.48. The Morgan fingerprint density at radius 1 is 1.00 bits per heavy atom. The molecule has 0 saturated carbocycles. The smallest absolute Gasteiger partial charge is 0.251 e. The van der Waals surface area contributed by atoms with E-state index < -0.39 is 31.4 Å². The fourth-order valence-corrected chi connectivity index (χ4v) is 1.02. The van der Waals surface area contributed by atoms with Gasteiger partial charge in [-0.15, -0.1) is 0 Å². The molecule has 0 aromatic heterocycles. The van der Waals surface area contributed by atoms with E-state index in [0.29, 0.717) is 6.42 Å². The van der Waals surface area contributed by atoms with Gasteiger partial charge in [0.15, 0.2) is 0 Å². The van der Waals surface area contributed by atoms with E-state index in [1.165, 1.54) is 0 Å². The summed E-state index contributed by atoms with van der Waals surface area (Å²) in [6.07, 6.45) is -6.09. The van der Waals surface area contributed by atoms with Crippen molar-refractivity contribution in [1.29, 1.82) is 0 Å². The maximum absolute atomic E-state index is 13.1. The topological polar surface area (TPSA) is 0 Å². The molecule has 0 aliphatic heterocycles. The van der Waals surface area contributed by atoms with Crippen molar-refractivity contribution in [2.24, 2.45) is 0 Å². The zero-order valence-corrected chi connectivity index (χ0v) is 7.43. The van der Waals surface area contributed by atoms with Crippen molar-refractivity contribution in [3.63, 3.8) is 0 Å². The largest absolute Gasteiger partial charge is 0.422 e. The molecule has 0 aliphatic carbocycles. The Bertz CT molecular complexity index is 142. The molecule has 0 radical (unpaired) electrons. The molecule has 5 heteroatoms. The number of hydrogen-bond acceptors (Lipinski definition) is 0. The number of alkyl halides is 5. The minimum Gasteiger partial charge on any atom is -0.251 e. The summed E-state index contributed by atoms with van der Waals surface area (Å²) < 4.78 is 61.0. The van der Waals surface area contributed by atoms with Crippen LogP contribution in [0.3, 0.4) is 0 Å². The van der Waals surface area contributed by atoms with Crippen molar-refractivity contribution >= 4 is 0 Å². The third-order valence-corrected chi connectivity index (χ3v) is 1.93. The molecule has 0 aromatic rings. The van der Waals surface area contributed by atoms with Gasteiger partial charge in [-0.3, -0.25) is 4.39 Å². The van der Waals surface area contributed by atoms with Gasteiger partial charge < -0.3 is 0 Å². The zero-order chi connectivity index (χ0) is 10.5. The molecule has 0 bridgehead atoms. The van der Waals surface area contributed by atoms with Crippen molar-refractivity contribution in [2.45, 2.75) is 44.5 Å². The van der Waals surface area contributed by atoms with Crippen LogP contribution in [-0.4, -0.2) is 18.5 Å². The molecule has 0 rings (SSSR count). The van der Waals surface area contributed by atoms with Gasteiger partial charge in [0.2, 0.25) is 5.67 Å². The van der Waals surface area contributed by atoms with Crippen molar-refractivity contribution in [3.8, 4) is 0 Å². The summed E-state index contributed by atoms with van der Waals surface area (Å²) >= 11 is 0. The molecule has 0 N–H and O–H groups in total. The molecular formula is C8H13F5. The van der Waals surface area contributed by atoms with Crippen LogP contribution in [0.4, 0.5) is 22.0 Å². The Kier molecular flexibility index (Phi) is 4.64. The van der Waals surface area contributed by atoms with Crippen LogP contribution in [0.25, 0.3) is 0 Å². The first-order valence-electron chi connectivity index (χ1n) is 4.19. The fraction of sp³-hybridized carbons (Fsp3) is 1.00. The first-order chi connectivity index (χ1) is 5.87. The van der Waals surface area contributed by atoms with Crippen LogP contribution in [0.15, 0.2) is 0 Å². The highest BCUT2D eigenvalue weighted by atomic mass is 19.4. The predicted octanol–water partition coefficient (Wildman–Crippen LogP) is 3.81. The predicted molar refractivity (Wildman–Crippen MR) is 40.0 cm³/mol. The molecule has 0 heterocycles. The highest BCUT2D eigenvalue weighted by Gasteiger charge is 2.54. The summed E-state index contributed by atoms with van der Waals surface area (Å²) in [6, 6.07) is 0. The molecule has 0 aromatic carbocycles. The minimum absolute atomic E-state index is 0.121. The number of rotatable bonds is 5. The van der Waals surface area contributed by atoms with Gasteiger partial charge in [-0.25, -0.2) is 4.39 Å². The average Bonchev–Trinajstić information content (AvgIpc) is 1.99. The zero-order valence-electron chi connectivity index (χ0n) is 7.43. The number of halogens is 5. The van der Waals surface area contributed by atoms with Gasteiger partial charge in [-0.2, -0.15) is 13.2 Å². The first kappa shape index (κ1) is 12.7. The average molecular weight is 204 g/mol. The second-order valence-corrected chi connectivity index (χ2v) is 3.01. The molecular weight excluding hydrogens is 191 g/mol. The lowest BCUT2D eigenvalue weighted by Gasteiger charge is -2.26. The van der Waals surface area contributed by atoms with E-state index in [1.807, 2.05) is 0 Å². The lowest BCUT2D eigenvalue weighted by molar-refractivity contribution is -0.236. The summed E-state index contributed by atoms with van der Waals surface area (Å²) in [5.41, 5.74) is -3.34.